The third-order valence-corrected chi connectivity index (χ3v) is 5.61. The van der Waals surface area contributed by atoms with Crippen LogP contribution in [0.5, 0.6) is 11.5 Å². The van der Waals surface area contributed by atoms with Crippen LogP contribution in [0.1, 0.15) is 19.3 Å². The highest BCUT2D eigenvalue weighted by molar-refractivity contribution is 7.99. The maximum absolute atomic E-state index is 12.3. The van der Waals surface area contributed by atoms with Crippen LogP contribution in [0.2, 0.25) is 0 Å². The second-order valence-corrected chi connectivity index (χ2v) is 7.96. The van der Waals surface area contributed by atoms with Crippen LogP contribution in [-0.4, -0.2) is 34.7 Å². The van der Waals surface area contributed by atoms with Crippen molar-refractivity contribution in [1.29, 1.82) is 0 Å². The van der Waals surface area contributed by atoms with Crippen LogP contribution in [-0.2, 0) is 4.79 Å². The van der Waals surface area contributed by atoms with Crippen molar-refractivity contribution in [3.05, 3.63) is 66.9 Å². The van der Waals surface area contributed by atoms with Gasteiger partial charge in [0.25, 0.3) is 0 Å². The molecule has 0 unspecified atom stereocenters. The van der Waals surface area contributed by atoms with E-state index in [1.807, 2.05) is 60.7 Å². The van der Waals surface area contributed by atoms with Crippen LogP contribution in [0.15, 0.2) is 72.0 Å². The monoisotopic (exact) mass is 420 g/mol. The molecular formula is C23H24N4O2S. The molecule has 1 amide bonds. The van der Waals surface area contributed by atoms with Crippen molar-refractivity contribution in [2.24, 2.45) is 0 Å². The topological polar surface area (TPSA) is 67.4 Å². The molecule has 1 aliphatic rings. The van der Waals surface area contributed by atoms with Crippen molar-refractivity contribution in [1.82, 2.24) is 9.97 Å². The van der Waals surface area contributed by atoms with Crippen molar-refractivity contribution < 1.29 is 9.53 Å². The SMILES string of the molecule is O=C(CSc1nccc(N2CCCCC2)n1)Nc1ccc(Oc2ccccc2)cc1. The van der Waals surface area contributed by atoms with Crippen molar-refractivity contribution in [2.45, 2.75) is 24.4 Å². The Balaban J connectivity index is 1.27. The summed E-state index contributed by atoms with van der Waals surface area (Å²) >= 11 is 1.35. The number of benzene rings is 2. The molecule has 0 aliphatic carbocycles. The van der Waals surface area contributed by atoms with E-state index in [2.05, 4.69) is 20.2 Å². The van der Waals surface area contributed by atoms with Crippen molar-refractivity contribution in [3.8, 4) is 11.5 Å². The van der Waals surface area contributed by atoms with Gasteiger partial charge in [0, 0.05) is 25.0 Å². The van der Waals surface area contributed by atoms with Gasteiger partial charge in [-0.2, -0.15) is 0 Å². The number of nitrogens with zero attached hydrogens (tertiary/aromatic N) is 3. The predicted octanol–water partition coefficient (Wildman–Crippen LogP) is 4.99. The molecule has 1 N–H and O–H groups in total. The smallest absolute Gasteiger partial charge is 0.234 e. The summed E-state index contributed by atoms with van der Waals surface area (Å²) in [5.74, 6) is 2.60. The highest BCUT2D eigenvalue weighted by Crippen LogP contribution is 2.23. The molecule has 7 heteroatoms. The summed E-state index contributed by atoms with van der Waals surface area (Å²) in [4.78, 5) is 23.5. The maximum Gasteiger partial charge on any atom is 0.234 e. The molecule has 1 fully saturated rings. The molecular weight excluding hydrogens is 396 g/mol. The third kappa shape index (κ3) is 5.73. The van der Waals surface area contributed by atoms with Gasteiger partial charge in [-0.15, -0.1) is 0 Å². The number of hydrogen-bond acceptors (Lipinski definition) is 6. The molecule has 0 bridgehead atoms. The number of carbonyl (C=O) groups excluding carboxylic acids is 1. The van der Waals surface area contributed by atoms with E-state index in [4.69, 9.17) is 4.74 Å². The van der Waals surface area contributed by atoms with E-state index in [1.54, 1.807) is 6.20 Å². The average molecular weight is 421 g/mol. The largest absolute Gasteiger partial charge is 0.457 e. The molecule has 6 nitrogen and oxygen atoms in total. The van der Waals surface area contributed by atoms with Crippen LogP contribution < -0.4 is 15.0 Å². The lowest BCUT2D eigenvalue weighted by atomic mass is 10.1. The normalized spacial score (nSPS) is 13.7. The van der Waals surface area contributed by atoms with Gasteiger partial charge in [-0.3, -0.25) is 4.79 Å². The van der Waals surface area contributed by atoms with Crippen molar-refractivity contribution in [2.75, 3.05) is 29.1 Å². The summed E-state index contributed by atoms with van der Waals surface area (Å²) in [6, 6.07) is 18.9. The molecule has 1 aromatic heterocycles. The van der Waals surface area contributed by atoms with Crippen LogP contribution in [0.4, 0.5) is 11.5 Å². The van der Waals surface area contributed by atoms with Gasteiger partial charge in [0.1, 0.15) is 17.3 Å². The molecule has 0 radical (unpaired) electrons. The second kappa shape index (κ2) is 10.1. The quantitative estimate of drug-likeness (QED) is 0.429. The number of ether oxygens (including phenoxy) is 1. The van der Waals surface area contributed by atoms with E-state index >= 15 is 0 Å². The van der Waals surface area contributed by atoms with E-state index in [1.165, 1.54) is 31.0 Å². The molecule has 2 heterocycles. The average Bonchev–Trinajstić information content (AvgIpc) is 2.80. The van der Waals surface area contributed by atoms with E-state index < -0.39 is 0 Å². The van der Waals surface area contributed by atoms with Gasteiger partial charge < -0.3 is 15.0 Å². The Morgan fingerprint density at radius 1 is 0.967 bits per heavy atom. The first kappa shape index (κ1) is 20.2. The van der Waals surface area contributed by atoms with Gasteiger partial charge in [0.05, 0.1) is 5.75 Å². The maximum atomic E-state index is 12.3. The highest BCUT2D eigenvalue weighted by Gasteiger charge is 2.13. The second-order valence-electron chi connectivity index (χ2n) is 7.02. The molecule has 0 spiro atoms. The third-order valence-electron chi connectivity index (χ3n) is 4.75. The summed E-state index contributed by atoms with van der Waals surface area (Å²) in [5, 5.41) is 3.52. The Morgan fingerprint density at radius 3 is 2.47 bits per heavy atom. The number of para-hydroxylation sites is 1. The number of carbonyl (C=O) groups is 1. The first-order valence-electron chi connectivity index (χ1n) is 10.1. The molecule has 154 valence electrons. The standard InChI is InChI=1S/C23H24N4O2S/c28-22(17-30-23-24-14-13-21(26-23)27-15-5-2-6-16-27)25-18-9-11-20(12-10-18)29-19-7-3-1-4-8-19/h1,3-4,7-14H,2,5-6,15-17H2,(H,25,28). The first-order chi connectivity index (χ1) is 14.8. The number of aromatic nitrogens is 2. The predicted molar refractivity (Wildman–Crippen MR) is 120 cm³/mol. The van der Waals surface area contributed by atoms with Crippen LogP contribution >= 0.6 is 11.8 Å². The zero-order valence-electron chi connectivity index (χ0n) is 16.7. The van der Waals surface area contributed by atoms with Gasteiger partial charge in [-0.25, -0.2) is 9.97 Å². The Kier molecular flexibility index (Phi) is 6.82. The van der Waals surface area contributed by atoms with Gasteiger partial charge in [0.2, 0.25) is 5.91 Å². The summed E-state index contributed by atoms with van der Waals surface area (Å²) in [6.07, 6.45) is 5.44. The minimum atomic E-state index is -0.0938. The molecule has 3 aromatic rings. The Hall–Kier alpha value is -3.06. The number of thioether (sulfide) groups is 1. The number of hydrogen-bond donors (Lipinski definition) is 1. The summed E-state index contributed by atoms with van der Waals surface area (Å²) in [5.41, 5.74) is 0.726. The van der Waals surface area contributed by atoms with Crippen molar-refractivity contribution in [3.63, 3.8) is 0 Å². The molecule has 30 heavy (non-hydrogen) atoms. The number of anilines is 2. The fourth-order valence-electron chi connectivity index (χ4n) is 3.26. The highest BCUT2D eigenvalue weighted by atomic mass is 32.2. The van der Waals surface area contributed by atoms with Gasteiger partial charge in [-0.1, -0.05) is 30.0 Å². The van der Waals surface area contributed by atoms with Crippen LogP contribution in [0, 0.1) is 0 Å². The van der Waals surface area contributed by atoms with Crippen molar-refractivity contribution >= 4 is 29.2 Å². The van der Waals surface area contributed by atoms with Crippen LogP contribution in [0.3, 0.4) is 0 Å². The lowest BCUT2D eigenvalue weighted by Crippen LogP contribution is -2.30. The molecule has 0 saturated carbocycles. The zero-order valence-corrected chi connectivity index (χ0v) is 17.5. The summed E-state index contributed by atoms with van der Waals surface area (Å²) in [7, 11) is 0. The van der Waals surface area contributed by atoms with Gasteiger partial charge in [-0.05, 0) is 61.7 Å². The number of rotatable bonds is 7. The minimum Gasteiger partial charge on any atom is -0.457 e. The molecule has 0 atom stereocenters. The Bertz CT molecular complexity index is 960. The number of nitrogens with one attached hydrogen (secondary N) is 1. The Labute approximate surface area is 180 Å². The van der Waals surface area contributed by atoms with E-state index in [-0.39, 0.29) is 11.7 Å². The van der Waals surface area contributed by atoms with E-state index in [9.17, 15) is 4.79 Å². The minimum absolute atomic E-state index is 0.0938. The fourth-order valence-corrected chi connectivity index (χ4v) is 3.88. The van der Waals surface area contributed by atoms with E-state index in [0.29, 0.717) is 5.16 Å². The zero-order chi connectivity index (χ0) is 20.6. The summed E-state index contributed by atoms with van der Waals surface area (Å²) < 4.78 is 5.77. The molecule has 1 saturated heterocycles. The van der Waals surface area contributed by atoms with Gasteiger partial charge >= 0.3 is 0 Å². The molecule has 2 aromatic carbocycles. The summed E-state index contributed by atoms with van der Waals surface area (Å²) in [6.45, 7) is 2.07. The van der Waals surface area contributed by atoms with E-state index in [0.717, 1.165) is 36.1 Å². The Morgan fingerprint density at radius 2 is 1.70 bits per heavy atom. The first-order valence-corrected chi connectivity index (χ1v) is 11.1. The van der Waals surface area contributed by atoms with Crippen LogP contribution in [0.25, 0.3) is 0 Å². The molecule has 4 rings (SSSR count). The number of piperidine rings is 1. The molecule has 1 aliphatic heterocycles. The lowest BCUT2D eigenvalue weighted by molar-refractivity contribution is -0.113. The lowest BCUT2D eigenvalue weighted by Gasteiger charge is -2.27. The van der Waals surface area contributed by atoms with Gasteiger partial charge in [0.15, 0.2) is 5.16 Å². The fraction of sp³-hybridized carbons (Fsp3) is 0.261. The number of amides is 1.